The maximum Gasteiger partial charge on any atom is 0.0987 e. The van der Waals surface area contributed by atoms with Gasteiger partial charge in [0.15, 0.2) is 0 Å². The molecule has 1 aromatic carbocycles. The Bertz CT molecular complexity index is 505. The number of benzene rings is 1. The Labute approximate surface area is 106 Å². The van der Waals surface area contributed by atoms with Gasteiger partial charge in [-0.05, 0) is 31.7 Å². The van der Waals surface area contributed by atoms with Crippen LogP contribution in [0.1, 0.15) is 11.3 Å². The number of nitrogens with one attached hydrogen (secondary N) is 1. The first kappa shape index (κ1) is 12.2. The lowest BCUT2D eigenvalue weighted by Crippen LogP contribution is -2.06. The summed E-state index contributed by atoms with van der Waals surface area (Å²) in [6.07, 6.45) is 0. The van der Waals surface area contributed by atoms with Gasteiger partial charge in [-0.25, -0.2) is 0 Å². The highest BCUT2D eigenvalue weighted by molar-refractivity contribution is 7.99. The van der Waals surface area contributed by atoms with Crippen LogP contribution >= 0.6 is 11.8 Å². The third kappa shape index (κ3) is 2.90. The molecule has 1 aromatic heterocycles. The van der Waals surface area contributed by atoms with Crippen molar-refractivity contribution in [3.8, 4) is 0 Å². The van der Waals surface area contributed by atoms with Gasteiger partial charge in [-0.2, -0.15) is 5.10 Å². The molecular weight excluding hydrogens is 230 g/mol. The number of aryl methyl sites for hydroxylation is 2. The van der Waals surface area contributed by atoms with Crippen LogP contribution in [-0.2, 0) is 13.6 Å². The molecule has 17 heavy (non-hydrogen) atoms. The van der Waals surface area contributed by atoms with Gasteiger partial charge in [-0.3, -0.25) is 4.68 Å². The molecule has 0 unspecified atom stereocenters. The fourth-order valence-corrected chi connectivity index (χ4v) is 2.78. The van der Waals surface area contributed by atoms with E-state index in [9.17, 15) is 0 Å². The van der Waals surface area contributed by atoms with Gasteiger partial charge in [-0.15, -0.1) is 0 Å². The van der Waals surface area contributed by atoms with Crippen molar-refractivity contribution in [1.82, 2.24) is 15.1 Å². The van der Waals surface area contributed by atoms with Crippen molar-refractivity contribution >= 4 is 11.8 Å². The molecule has 0 aliphatic heterocycles. The fourth-order valence-electron chi connectivity index (χ4n) is 1.73. The van der Waals surface area contributed by atoms with Gasteiger partial charge >= 0.3 is 0 Å². The van der Waals surface area contributed by atoms with Crippen molar-refractivity contribution in [1.29, 1.82) is 0 Å². The lowest BCUT2D eigenvalue weighted by molar-refractivity contribution is 0.692. The summed E-state index contributed by atoms with van der Waals surface area (Å²) in [5, 5.41) is 8.73. The molecule has 0 radical (unpaired) electrons. The van der Waals surface area contributed by atoms with E-state index in [4.69, 9.17) is 0 Å². The molecule has 1 heterocycles. The van der Waals surface area contributed by atoms with Crippen LogP contribution in [-0.4, -0.2) is 16.8 Å². The Balaban J connectivity index is 2.26. The van der Waals surface area contributed by atoms with E-state index in [0.717, 1.165) is 12.2 Å². The standard InChI is InChI=1S/C13H17N3S/c1-10-8-13(16(3)15-10)17-12-7-5-4-6-11(12)9-14-2/h4-8,14H,9H2,1-3H3. The van der Waals surface area contributed by atoms with E-state index in [2.05, 4.69) is 40.7 Å². The Morgan fingerprint density at radius 3 is 2.76 bits per heavy atom. The van der Waals surface area contributed by atoms with Crippen LogP contribution < -0.4 is 5.32 Å². The van der Waals surface area contributed by atoms with Crippen molar-refractivity contribution in [2.45, 2.75) is 23.4 Å². The highest BCUT2D eigenvalue weighted by Gasteiger charge is 2.07. The molecule has 0 bridgehead atoms. The zero-order valence-electron chi connectivity index (χ0n) is 10.4. The average molecular weight is 247 g/mol. The summed E-state index contributed by atoms with van der Waals surface area (Å²) in [5.41, 5.74) is 2.37. The molecule has 0 fully saturated rings. The highest BCUT2D eigenvalue weighted by Crippen LogP contribution is 2.30. The Morgan fingerprint density at radius 2 is 2.12 bits per heavy atom. The predicted molar refractivity (Wildman–Crippen MR) is 71.3 cm³/mol. The van der Waals surface area contributed by atoms with E-state index in [1.165, 1.54) is 15.5 Å². The number of aromatic nitrogens is 2. The Morgan fingerprint density at radius 1 is 1.35 bits per heavy atom. The van der Waals surface area contributed by atoms with Crippen molar-refractivity contribution < 1.29 is 0 Å². The van der Waals surface area contributed by atoms with E-state index in [1.807, 2.05) is 25.7 Å². The normalized spacial score (nSPS) is 10.8. The number of nitrogens with zero attached hydrogens (tertiary/aromatic N) is 2. The molecule has 4 heteroatoms. The summed E-state index contributed by atoms with van der Waals surface area (Å²) in [4.78, 5) is 1.28. The largest absolute Gasteiger partial charge is 0.316 e. The predicted octanol–water partition coefficient (Wildman–Crippen LogP) is 2.60. The number of hydrogen-bond acceptors (Lipinski definition) is 3. The highest BCUT2D eigenvalue weighted by atomic mass is 32.2. The van der Waals surface area contributed by atoms with Gasteiger partial charge in [0, 0.05) is 18.5 Å². The molecule has 0 atom stereocenters. The van der Waals surface area contributed by atoms with Gasteiger partial charge in [0.05, 0.1) is 10.7 Å². The third-order valence-electron chi connectivity index (χ3n) is 2.51. The summed E-state index contributed by atoms with van der Waals surface area (Å²) in [7, 11) is 3.95. The summed E-state index contributed by atoms with van der Waals surface area (Å²) in [6, 6.07) is 10.6. The van der Waals surface area contributed by atoms with Crippen LogP contribution in [0.2, 0.25) is 0 Å². The van der Waals surface area contributed by atoms with Crippen LogP contribution in [0.5, 0.6) is 0 Å². The SMILES string of the molecule is CNCc1ccccc1Sc1cc(C)nn1C. The van der Waals surface area contributed by atoms with Gasteiger partial charge in [0.2, 0.25) is 0 Å². The van der Waals surface area contributed by atoms with Crippen molar-refractivity contribution in [2.24, 2.45) is 7.05 Å². The van der Waals surface area contributed by atoms with E-state index in [1.54, 1.807) is 11.8 Å². The zero-order chi connectivity index (χ0) is 12.3. The molecule has 0 amide bonds. The van der Waals surface area contributed by atoms with Gasteiger partial charge in [0.1, 0.15) is 0 Å². The van der Waals surface area contributed by atoms with E-state index in [0.29, 0.717) is 0 Å². The molecule has 0 saturated heterocycles. The first-order valence-electron chi connectivity index (χ1n) is 5.61. The molecule has 0 aliphatic carbocycles. The summed E-state index contributed by atoms with van der Waals surface area (Å²) in [6.45, 7) is 2.91. The third-order valence-corrected chi connectivity index (χ3v) is 3.72. The molecule has 2 rings (SSSR count). The first-order chi connectivity index (χ1) is 8.20. The topological polar surface area (TPSA) is 29.9 Å². The minimum atomic E-state index is 0.889. The Hall–Kier alpha value is -1.26. The lowest BCUT2D eigenvalue weighted by atomic mass is 10.2. The smallest absolute Gasteiger partial charge is 0.0987 e. The Kier molecular flexibility index (Phi) is 3.86. The molecule has 1 N–H and O–H groups in total. The van der Waals surface area contributed by atoms with Gasteiger partial charge in [-0.1, -0.05) is 30.0 Å². The van der Waals surface area contributed by atoms with Gasteiger partial charge in [0.25, 0.3) is 0 Å². The minimum absolute atomic E-state index is 0.889. The molecule has 0 saturated carbocycles. The summed E-state index contributed by atoms with van der Waals surface area (Å²) < 4.78 is 1.93. The lowest BCUT2D eigenvalue weighted by Gasteiger charge is -2.08. The van der Waals surface area contributed by atoms with Crippen LogP contribution in [0.4, 0.5) is 0 Å². The van der Waals surface area contributed by atoms with Crippen molar-refractivity contribution in [3.63, 3.8) is 0 Å². The maximum atomic E-state index is 4.36. The minimum Gasteiger partial charge on any atom is -0.316 e. The van der Waals surface area contributed by atoms with E-state index >= 15 is 0 Å². The zero-order valence-corrected chi connectivity index (χ0v) is 11.2. The number of hydrogen-bond donors (Lipinski definition) is 1. The van der Waals surface area contributed by atoms with Crippen LogP contribution in [0.25, 0.3) is 0 Å². The van der Waals surface area contributed by atoms with Crippen molar-refractivity contribution in [3.05, 3.63) is 41.6 Å². The van der Waals surface area contributed by atoms with Crippen LogP contribution in [0.3, 0.4) is 0 Å². The second kappa shape index (κ2) is 5.38. The molecule has 3 nitrogen and oxygen atoms in total. The van der Waals surface area contributed by atoms with Crippen LogP contribution in [0.15, 0.2) is 40.3 Å². The quantitative estimate of drug-likeness (QED) is 0.900. The van der Waals surface area contributed by atoms with Crippen molar-refractivity contribution in [2.75, 3.05) is 7.05 Å². The average Bonchev–Trinajstić information content (AvgIpc) is 2.61. The second-order valence-electron chi connectivity index (χ2n) is 3.99. The fraction of sp³-hybridized carbons (Fsp3) is 0.308. The second-order valence-corrected chi connectivity index (χ2v) is 5.05. The summed E-state index contributed by atoms with van der Waals surface area (Å²) >= 11 is 1.76. The van der Waals surface area contributed by atoms with E-state index in [-0.39, 0.29) is 0 Å². The molecular formula is C13H17N3S. The summed E-state index contributed by atoms with van der Waals surface area (Å²) in [5.74, 6) is 0. The monoisotopic (exact) mass is 247 g/mol. The maximum absolute atomic E-state index is 4.36. The van der Waals surface area contributed by atoms with Gasteiger partial charge < -0.3 is 5.32 Å². The first-order valence-corrected chi connectivity index (χ1v) is 6.43. The molecule has 0 spiro atoms. The van der Waals surface area contributed by atoms with E-state index < -0.39 is 0 Å². The molecule has 2 aromatic rings. The molecule has 0 aliphatic rings. The number of rotatable bonds is 4. The molecule has 90 valence electrons. The van der Waals surface area contributed by atoms with Crippen LogP contribution in [0, 0.1) is 6.92 Å².